The topological polar surface area (TPSA) is 12.9 Å². The third-order valence-electron chi connectivity index (χ3n) is 2.63. The van der Waals surface area contributed by atoms with Crippen molar-refractivity contribution in [1.29, 1.82) is 0 Å². The Morgan fingerprint density at radius 1 is 1.00 bits per heavy atom. The minimum absolute atomic E-state index is 0.258. The molecule has 0 aliphatic rings. The fourth-order valence-electron chi connectivity index (χ4n) is 1.79. The number of aromatic nitrogens is 1. The van der Waals surface area contributed by atoms with Crippen LogP contribution in [0.1, 0.15) is 0 Å². The van der Waals surface area contributed by atoms with E-state index in [0.29, 0.717) is 5.69 Å². The van der Waals surface area contributed by atoms with Crippen LogP contribution in [-0.4, -0.2) is 4.98 Å². The van der Waals surface area contributed by atoms with Gasteiger partial charge >= 0.3 is 0 Å². The zero-order valence-electron chi connectivity index (χ0n) is 9.02. The van der Waals surface area contributed by atoms with Gasteiger partial charge in [-0.2, -0.15) is 0 Å². The highest BCUT2D eigenvalue weighted by molar-refractivity contribution is 5.81. The number of rotatable bonds is 1. The maximum atomic E-state index is 13.1. The quantitative estimate of drug-likeness (QED) is 0.609. The Morgan fingerprint density at radius 2 is 1.88 bits per heavy atom. The number of fused-ring (bicyclic) bond motifs is 1. The van der Waals surface area contributed by atoms with Gasteiger partial charge in [-0.1, -0.05) is 30.3 Å². The van der Waals surface area contributed by atoms with E-state index in [1.54, 1.807) is 6.07 Å². The Kier molecular flexibility index (Phi) is 2.33. The van der Waals surface area contributed by atoms with Crippen molar-refractivity contribution >= 4 is 10.9 Å². The van der Waals surface area contributed by atoms with E-state index in [9.17, 15) is 4.39 Å². The van der Waals surface area contributed by atoms with Gasteiger partial charge in [-0.05, 0) is 24.3 Å². The standard InChI is InChI=1S/C15H9FN/c16-13-6-3-5-12(10-13)15-9-8-11-4-1-2-7-14(11)17-15/h1-8,10H. The van der Waals surface area contributed by atoms with E-state index in [1.165, 1.54) is 12.1 Å². The molecule has 17 heavy (non-hydrogen) atoms. The molecular weight excluding hydrogens is 213 g/mol. The van der Waals surface area contributed by atoms with Crippen molar-refractivity contribution < 1.29 is 4.39 Å². The van der Waals surface area contributed by atoms with Crippen molar-refractivity contribution in [2.24, 2.45) is 0 Å². The molecule has 0 bridgehead atoms. The summed E-state index contributed by atoms with van der Waals surface area (Å²) >= 11 is 0. The Labute approximate surface area is 98.6 Å². The molecule has 3 rings (SSSR count). The summed E-state index contributed by atoms with van der Waals surface area (Å²) < 4.78 is 13.1. The van der Waals surface area contributed by atoms with Crippen molar-refractivity contribution in [3.05, 3.63) is 66.5 Å². The van der Waals surface area contributed by atoms with Crippen LogP contribution < -0.4 is 0 Å². The third kappa shape index (κ3) is 1.89. The van der Waals surface area contributed by atoms with Crippen LogP contribution in [0.25, 0.3) is 22.2 Å². The van der Waals surface area contributed by atoms with Crippen LogP contribution >= 0.6 is 0 Å². The third-order valence-corrected chi connectivity index (χ3v) is 2.63. The first-order valence-electron chi connectivity index (χ1n) is 5.36. The van der Waals surface area contributed by atoms with Gasteiger partial charge in [0, 0.05) is 17.0 Å². The average molecular weight is 222 g/mol. The van der Waals surface area contributed by atoms with E-state index in [1.807, 2.05) is 36.4 Å². The molecule has 0 fully saturated rings. The summed E-state index contributed by atoms with van der Waals surface area (Å²) in [5, 5.41) is 1.03. The number of benzene rings is 2. The van der Waals surface area contributed by atoms with Gasteiger partial charge in [-0.15, -0.1) is 0 Å². The van der Waals surface area contributed by atoms with Crippen LogP contribution in [0.2, 0.25) is 0 Å². The molecule has 0 saturated heterocycles. The maximum Gasteiger partial charge on any atom is 0.123 e. The molecule has 0 atom stereocenters. The second kappa shape index (κ2) is 3.98. The van der Waals surface area contributed by atoms with Gasteiger partial charge in [0.2, 0.25) is 0 Å². The van der Waals surface area contributed by atoms with E-state index in [0.717, 1.165) is 16.5 Å². The van der Waals surface area contributed by atoms with Crippen molar-refractivity contribution in [2.75, 3.05) is 0 Å². The SMILES string of the molecule is Fc1cccc(-c2[c]cc3ccccc3n2)c1. The molecule has 1 heterocycles. The zero-order valence-corrected chi connectivity index (χ0v) is 9.02. The lowest BCUT2D eigenvalue weighted by Gasteiger charge is -2.02. The number of halogens is 1. The van der Waals surface area contributed by atoms with Crippen LogP contribution in [0.15, 0.2) is 54.6 Å². The average Bonchev–Trinajstić information content (AvgIpc) is 2.38. The molecule has 2 heteroatoms. The van der Waals surface area contributed by atoms with E-state index in [-0.39, 0.29) is 5.82 Å². The minimum Gasteiger partial charge on any atom is -0.247 e. The summed E-state index contributed by atoms with van der Waals surface area (Å²) in [6.07, 6.45) is 0. The summed E-state index contributed by atoms with van der Waals surface area (Å²) in [7, 11) is 0. The lowest BCUT2D eigenvalue weighted by molar-refractivity contribution is 0.628. The number of pyridine rings is 1. The molecule has 0 spiro atoms. The van der Waals surface area contributed by atoms with Crippen LogP contribution in [0, 0.1) is 11.9 Å². The van der Waals surface area contributed by atoms with Crippen LogP contribution in [0.5, 0.6) is 0 Å². The highest BCUT2D eigenvalue weighted by atomic mass is 19.1. The minimum atomic E-state index is -0.258. The van der Waals surface area contributed by atoms with Gasteiger partial charge in [0.25, 0.3) is 0 Å². The Balaban J connectivity index is 2.18. The highest BCUT2D eigenvalue weighted by Gasteiger charge is 2.02. The predicted molar refractivity (Wildman–Crippen MR) is 66.0 cm³/mol. The second-order valence-electron chi connectivity index (χ2n) is 3.82. The molecule has 3 aromatic rings. The first kappa shape index (κ1) is 9.97. The van der Waals surface area contributed by atoms with E-state index in [2.05, 4.69) is 11.1 Å². The Bertz CT molecular complexity index is 676. The predicted octanol–water partition coefficient (Wildman–Crippen LogP) is 3.84. The van der Waals surface area contributed by atoms with E-state index < -0.39 is 0 Å². The second-order valence-corrected chi connectivity index (χ2v) is 3.82. The zero-order chi connectivity index (χ0) is 11.7. The molecule has 0 amide bonds. The molecule has 0 N–H and O–H groups in total. The van der Waals surface area contributed by atoms with Gasteiger partial charge < -0.3 is 0 Å². The lowest BCUT2D eigenvalue weighted by Crippen LogP contribution is -1.86. The monoisotopic (exact) mass is 222 g/mol. The molecule has 0 aliphatic carbocycles. The van der Waals surface area contributed by atoms with Crippen molar-refractivity contribution in [1.82, 2.24) is 4.98 Å². The molecule has 1 radical (unpaired) electrons. The summed E-state index contributed by atoms with van der Waals surface area (Å²) in [4.78, 5) is 4.46. The Hall–Kier alpha value is -2.22. The van der Waals surface area contributed by atoms with Gasteiger partial charge in [0.1, 0.15) is 5.82 Å². The summed E-state index contributed by atoms with van der Waals surface area (Å²) in [6.45, 7) is 0. The molecule has 81 valence electrons. The number of para-hydroxylation sites is 1. The molecule has 0 saturated carbocycles. The fourth-order valence-corrected chi connectivity index (χ4v) is 1.79. The van der Waals surface area contributed by atoms with Crippen molar-refractivity contribution in [2.45, 2.75) is 0 Å². The van der Waals surface area contributed by atoms with Crippen molar-refractivity contribution in [3.8, 4) is 11.3 Å². The first-order valence-corrected chi connectivity index (χ1v) is 5.36. The fraction of sp³-hybridized carbons (Fsp3) is 0. The van der Waals surface area contributed by atoms with Gasteiger partial charge in [0.15, 0.2) is 0 Å². The highest BCUT2D eigenvalue weighted by Crippen LogP contribution is 2.20. The molecule has 0 unspecified atom stereocenters. The van der Waals surface area contributed by atoms with Crippen molar-refractivity contribution in [3.63, 3.8) is 0 Å². The Morgan fingerprint density at radius 3 is 2.76 bits per heavy atom. The molecule has 1 aromatic heterocycles. The maximum absolute atomic E-state index is 13.1. The summed E-state index contributed by atoms with van der Waals surface area (Å²) in [6, 6.07) is 19.2. The molecule has 2 aromatic carbocycles. The number of hydrogen-bond acceptors (Lipinski definition) is 1. The largest absolute Gasteiger partial charge is 0.247 e. The summed E-state index contributed by atoms with van der Waals surface area (Å²) in [5.74, 6) is -0.258. The van der Waals surface area contributed by atoms with E-state index >= 15 is 0 Å². The molecular formula is C15H9FN. The van der Waals surface area contributed by atoms with Crippen LogP contribution in [0.4, 0.5) is 4.39 Å². The lowest BCUT2D eigenvalue weighted by atomic mass is 10.1. The summed E-state index contributed by atoms with van der Waals surface area (Å²) in [5.41, 5.74) is 2.31. The number of hydrogen-bond donors (Lipinski definition) is 0. The van der Waals surface area contributed by atoms with Gasteiger partial charge in [-0.3, -0.25) is 0 Å². The smallest absolute Gasteiger partial charge is 0.123 e. The molecule has 0 aliphatic heterocycles. The van der Waals surface area contributed by atoms with Crippen LogP contribution in [-0.2, 0) is 0 Å². The van der Waals surface area contributed by atoms with Gasteiger partial charge in [0.05, 0.1) is 11.2 Å². The van der Waals surface area contributed by atoms with Crippen LogP contribution in [0.3, 0.4) is 0 Å². The molecule has 1 nitrogen and oxygen atoms in total. The van der Waals surface area contributed by atoms with E-state index in [4.69, 9.17) is 0 Å². The van der Waals surface area contributed by atoms with Gasteiger partial charge in [-0.25, -0.2) is 9.37 Å². The number of nitrogens with zero attached hydrogens (tertiary/aromatic N) is 1. The first-order chi connectivity index (χ1) is 8.33. The normalized spacial score (nSPS) is 10.6.